The zero-order valence-corrected chi connectivity index (χ0v) is 14.4. The fraction of sp³-hybridized carbons (Fsp3) is 0.167. The van der Waals surface area contributed by atoms with E-state index in [1.54, 1.807) is 37.4 Å². The Hall–Kier alpha value is -2.86. The largest absolute Gasteiger partial charge is 0.495 e. The van der Waals surface area contributed by atoms with Crippen molar-refractivity contribution in [3.63, 3.8) is 0 Å². The van der Waals surface area contributed by atoms with Gasteiger partial charge in [0.15, 0.2) is 0 Å². The van der Waals surface area contributed by atoms with Crippen molar-refractivity contribution in [3.05, 3.63) is 58.5 Å². The van der Waals surface area contributed by atoms with Crippen LogP contribution < -0.4 is 4.74 Å². The lowest BCUT2D eigenvalue weighted by Gasteiger charge is -2.08. The molecule has 2 aromatic heterocycles. The molecule has 1 N–H and O–H groups in total. The highest BCUT2D eigenvalue weighted by Gasteiger charge is 2.23. The Morgan fingerprint density at radius 1 is 1.36 bits per heavy atom. The van der Waals surface area contributed by atoms with Crippen molar-refractivity contribution in [1.29, 1.82) is 0 Å². The van der Waals surface area contributed by atoms with E-state index in [4.69, 9.17) is 16.3 Å². The molecule has 3 rings (SSSR count). The van der Waals surface area contributed by atoms with Crippen LogP contribution in [0.25, 0.3) is 10.9 Å². The minimum atomic E-state index is -0.982. The first-order valence-corrected chi connectivity index (χ1v) is 7.85. The third kappa shape index (κ3) is 2.96. The lowest BCUT2D eigenvalue weighted by Crippen LogP contribution is -2.14. The summed E-state index contributed by atoms with van der Waals surface area (Å²) < 4.78 is 6.69. The molecule has 6 nitrogen and oxygen atoms in total. The summed E-state index contributed by atoms with van der Waals surface area (Å²) in [7, 11) is 1.48. The Kier molecular flexibility index (Phi) is 4.46. The van der Waals surface area contributed by atoms with Gasteiger partial charge in [-0.1, -0.05) is 11.6 Å². The zero-order chi connectivity index (χ0) is 18.1. The number of hydrogen-bond donors (Lipinski definition) is 1. The highest BCUT2D eigenvalue weighted by Crippen LogP contribution is 2.35. The quantitative estimate of drug-likeness (QED) is 0.773. The molecule has 0 atom stereocenters. The molecule has 0 aliphatic rings. The monoisotopic (exact) mass is 358 g/mol. The molecule has 25 heavy (non-hydrogen) atoms. The maximum Gasteiger partial charge on any atom is 0.307 e. The van der Waals surface area contributed by atoms with E-state index in [0.717, 1.165) is 0 Å². The summed E-state index contributed by atoms with van der Waals surface area (Å²) in [4.78, 5) is 28.2. The summed E-state index contributed by atoms with van der Waals surface area (Å²) in [5, 5.41) is 10.2. The van der Waals surface area contributed by atoms with E-state index in [-0.39, 0.29) is 12.3 Å². The van der Waals surface area contributed by atoms with Crippen LogP contribution in [0.4, 0.5) is 0 Å². The molecule has 0 amide bonds. The molecular formula is C18H15ClN2O4. The number of carboxylic acid groups (broad SMARTS) is 1. The van der Waals surface area contributed by atoms with Crippen LogP contribution in [0.2, 0.25) is 5.02 Å². The third-order valence-electron chi connectivity index (χ3n) is 4.05. The van der Waals surface area contributed by atoms with Crippen LogP contribution in [0.5, 0.6) is 5.75 Å². The minimum Gasteiger partial charge on any atom is -0.495 e. The molecule has 0 saturated carbocycles. The van der Waals surface area contributed by atoms with Crippen molar-refractivity contribution >= 4 is 34.4 Å². The molecular weight excluding hydrogens is 344 g/mol. The van der Waals surface area contributed by atoms with E-state index in [1.807, 2.05) is 0 Å². The first-order valence-electron chi connectivity index (χ1n) is 7.48. The highest BCUT2D eigenvalue weighted by molar-refractivity contribution is 6.33. The van der Waals surface area contributed by atoms with Gasteiger partial charge in [-0.05, 0) is 36.8 Å². The number of carboxylic acids is 1. The molecule has 0 saturated heterocycles. The van der Waals surface area contributed by atoms with E-state index in [0.29, 0.717) is 38.5 Å². The number of nitrogens with zero attached hydrogens (tertiary/aromatic N) is 2. The van der Waals surface area contributed by atoms with Crippen molar-refractivity contribution in [2.75, 3.05) is 7.11 Å². The summed E-state index contributed by atoms with van der Waals surface area (Å²) in [6.07, 6.45) is 2.84. The first kappa shape index (κ1) is 17.0. The molecule has 0 aliphatic heterocycles. The SMILES string of the molecule is COc1cc2c(CC(=O)O)c(C)n(C(=O)c3cccnc3)c2cc1Cl. The van der Waals surface area contributed by atoms with Gasteiger partial charge in [-0.3, -0.25) is 19.1 Å². The molecule has 0 unspecified atom stereocenters. The second-order valence-electron chi connectivity index (χ2n) is 5.52. The number of hydrogen-bond acceptors (Lipinski definition) is 4. The van der Waals surface area contributed by atoms with Gasteiger partial charge in [-0.25, -0.2) is 0 Å². The first-order chi connectivity index (χ1) is 11.9. The summed E-state index contributed by atoms with van der Waals surface area (Å²) in [6.45, 7) is 1.72. The standard InChI is InChI=1S/C18H15ClN2O4/c1-10-12(7-17(22)23)13-6-16(25-2)14(19)8-15(13)21(10)18(24)11-4-3-5-20-9-11/h3-6,8-9H,7H2,1-2H3,(H,22,23). The molecule has 0 radical (unpaired) electrons. The van der Waals surface area contributed by atoms with Gasteiger partial charge in [0.1, 0.15) is 5.75 Å². The molecule has 128 valence electrons. The van der Waals surface area contributed by atoms with Gasteiger partial charge < -0.3 is 9.84 Å². The van der Waals surface area contributed by atoms with Crippen LogP contribution in [0, 0.1) is 6.92 Å². The smallest absolute Gasteiger partial charge is 0.307 e. The number of fused-ring (bicyclic) bond motifs is 1. The Morgan fingerprint density at radius 3 is 2.72 bits per heavy atom. The predicted octanol–water partition coefficient (Wildman–Crippen LogP) is 3.32. The van der Waals surface area contributed by atoms with Crippen molar-refractivity contribution in [1.82, 2.24) is 9.55 Å². The second-order valence-corrected chi connectivity index (χ2v) is 5.93. The summed E-state index contributed by atoms with van der Waals surface area (Å²) in [6, 6.07) is 6.60. The van der Waals surface area contributed by atoms with Crippen LogP contribution >= 0.6 is 11.6 Å². The number of methoxy groups -OCH3 is 1. The van der Waals surface area contributed by atoms with Gasteiger partial charge in [-0.2, -0.15) is 0 Å². The number of ether oxygens (including phenoxy) is 1. The van der Waals surface area contributed by atoms with Gasteiger partial charge >= 0.3 is 5.97 Å². The van der Waals surface area contributed by atoms with Crippen LogP contribution in [0.1, 0.15) is 21.6 Å². The lowest BCUT2D eigenvalue weighted by atomic mass is 10.1. The van der Waals surface area contributed by atoms with E-state index in [2.05, 4.69) is 4.98 Å². The molecule has 0 aliphatic carbocycles. The molecule has 1 aromatic carbocycles. The maximum absolute atomic E-state index is 12.9. The lowest BCUT2D eigenvalue weighted by molar-refractivity contribution is -0.136. The number of pyridine rings is 1. The Morgan fingerprint density at radius 2 is 2.12 bits per heavy atom. The zero-order valence-electron chi connectivity index (χ0n) is 13.6. The minimum absolute atomic E-state index is 0.208. The Labute approximate surface area is 148 Å². The fourth-order valence-corrected chi connectivity index (χ4v) is 3.13. The number of carbonyl (C=O) groups is 2. The number of benzene rings is 1. The van der Waals surface area contributed by atoms with Crippen LogP contribution in [0.15, 0.2) is 36.7 Å². The van der Waals surface area contributed by atoms with Gasteiger partial charge in [0, 0.05) is 23.5 Å². The molecule has 7 heteroatoms. The van der Waals surface area contributed by atoms with Crippen LogP contribution in [-0.4, -0.2) is 33.6 Å². The Balaban J connectivity index is 2.31. The Bertz CT molecular complexity index is 980. The molecule has 0 bridgehead atoms. The van der Waals surface area contributed by atoms with Gasteiger partial charge in [0.05, 0.1) is 29.6 Å². The summed E-state index contributed by atoms with van der Waals surface area (Å²) in [5.74, 6) is -0.856. The number of rotatable bonds is 4. The number of halogens is 1. The van der Waals surface area contributed by atoms with Crippen LogP contribution in [0.3, 0.4) is 0 Å². The van der Waals surface area contributed by atoms with Crippen LogP contribution in [-0.2, 0) is 11.2 Å². The predicted molar refractivity (Wildman–Crippen MR) is 93.5 cm³/mol. The normalized spacial score (nSPS) is 10.8. The second kappa shape index (κ2) is 6.57. The average Bonchev–Trinajstić information content (AvgIpc) is 2.85. The molecule has 3 aromatic rings. The van der Waals surface area contributed by atoms with Gasteiger partial charge in [0.25, 0.3) is 5.91 Å². The number of aromatic nitrogens is 2. The average molecular weight is 359 g/mol. The van der Waals surface area contributed by atoms with Crippen molar-refractivity contribution in [2.45, 2.75) is 13.3 Å². The van der Waals surface area contributed by atoms with Crippen molar-refractivity contribution < 1.29 is 19.4 Å². The van der Waals surface area contributed by atoms with E-state index in [1.165, 1.54) is 17.9 Å². The van der Waals surface area contributed by atoms with E-state index < -0.39 is 5.97 Å². The number of carbonyl (C=O) groups excluding carboxylic acids is 1. The third-order valence-corrected chi connectivity index (χ3v) is 4.34. The molecule has 0 spiro atoms. The topological polar surface area (TPSA) is 81.4 Å². The number of aliphatic carboxylic acids is 1. The van der Waals surface area contributed by atoms with Gasteiger partial charge in [-0.15, -0.1) is 0 Å². The summed E-state index contributed by atoms with van der Waals surface area (Å²) in [5.41, 5.74) is 2.04. The van der Waals surface area contributed by atoms with E-state index in [9.17, 15) is 14.7 Å². The molecule has 2 heterocycles. The van der Waals surface area contributed by atoms with Crippen molar-refractivity contribution in [2.24, 2.45) is 0 Å². The summed E-state index contributed by atoms with van der Waals surface area (Å²) >= 11 is 6.22. The highest BCUT2D eigenvalue weighted by atomic mass is 35.5. The van der Waals surface area contributed by atoms with Crippen molar-refractivity contribution in [3.8, 4) is 5.75 Å². The fourth-order valence-electron chi connectivity index (χ4n) is 2.89. The maximum atomic E-state index is 12.9. The molecule has 0 fully saturated rings. The van der Waals surface area contributed by atoms with Gasteiger partial charge in [0.2, 0.25) is 0 Å². The van der Waals surface area contributed by atoms with E-state index >= 15 is 0 Å².